The summed E-state index contributed by atoms with van der Waals surface area (Å²) in [5, 5.41) is 6.02. The van der Waals surface area contributed by atoms with Crippen molar-refractivity contribution in [3.63, 3.8) is 0 Å². The lowest BCUT2D eigenvalue weighted by Crippen LogP contribution is -2.44. The Morgan fingerprint density at radius 2 is 2.18 bits per heavy atom. The molecular weight excluding hydrogens is 285 g/mol. The van der Waals surface area contributed by atoms with Gasteiger partial charge in [-0.15, -0.1) is 0 Å². The van der Waals surface area contributed by atoms with Gasteiger partial charge in [-0.05, 0) is 51.6 Å². The molecule has 1 saturated heterocycles. The molecule has 0 aliphatic carbocycles. The van der Waals surface area contributed by atoms with Crippen LogP contribution in [0.2, 0.25) is 0 Å². The molecule has 1 atom stereocenters. The molecule has 0 radical (unpaired) electrons. The van der Waals surface area contributed by atoms with E-state index in [1.54, 1.807) is 26.8 Å². The number of hydrogen-bond donors (Lipinski definition) is 2. The molecule has 22 heavy (non-hydrogen) atoms. The van der Waals surface area contributed by atoms with Crippen molar-refractivity contribution in [1.82, 2.24) is 10.2 Å². The van der Waals surface area contributed by atoms with Crippen molar-refractivity contribution in [3.8, 4) is 0 Å². The van der Waals surface area contributed by atoms with Gasteiger partial charge in [0.25, 0.3) is 0 Å². The van der Waals surface area contributed by atoms with E-state index in [4.69, 9.17) is 4.74 Å². The molecule has 1 aromatic carbocycles. The molecule has 1 aliphatic rings. The lowest BCUT2D eigenvalue weighted by atomic mass is 10.0. The van der Waals surface area contributed by atoms with Crippen LogP contribution in [0.3, 0.4) is 0 Å². The molecule has 0 saturated carbocycles. The Morgan fingerprint density at radius 1 is 1.45 bits per heavy atom. The summed E-state index contributed by atoms with van der Waals surface area (Å²) in [6.45, 7) is 7.89. The van der Waals surface area contributed by atoms with Gasteiger partial charge in [0.05, 0.1) is 0 Å². The molecule has 1 amide bonds. The second-order valence-electron chi connectivity index (χ2n) is 6.56. The third-order valence-corrected chi connectivity index (χ3v) is 3.52. The van der Waals surface area contributed by atoms with E-state index in [2.05, 4.69) is 15.5 Å². The van der Waals surface area contributed by atoms with Crippen LogP contribution in [-0.4, -0.2) is 43.3 Å². The van der Waals surface area contributed by atoms with Crippen LogP contribution in [0.5, 0.6) is 0 Å². The zero-order valence-electron chi connectivity index (χ0n) is 13.6. The maximum Gasteiger partial charge on any atom is 0.412 e. The van der Waals surface area contributed by atoms with Crippen LogP contribution in [-0.2, 0) is 4.74 Å². The highest BCUT2D eigenvalue weighted by Crippen LogP contribution is 2.29. The number of carbonyl (C=O) groups is 1. The van der Waals surface area contributed by atoms with Gasteiger partial charge in [-0.25, -0.2) is 9.18 Å². The molecule has 0 bridgehead atoms. The van der Waals surface area contributed by atoms with Crippen molar-refractivity contribution in [2.45, 2.75) is 32.4 Å². The van der Waals surface area contributed by atoms with E-state index in [9.17, 15) is 9.18 Å². The molecule has 2 N–H and O–H groups in total. The molecule has 5 nitrogen and oxygen atoms in total. The molecule has 1 heterocycles. The van der Waals surface area contributed by atoms with Crippen molar-refractivity contribution >= 4 is 11.8 Å². The molecule has 1 aliphatic heterocycles. The van der Waals surface area contributed by atoms with Gasteiger partial charge in [0, 0.05) is 31.4 Å². The van der Waals surface area contributed by atoms with Crippen molar-refractivity contribution < 1.29 is 13.9 Å². The summed E-state index contributed by atoms with van der Waals surface area (Å²) >= 11 is 0. The Kier molecular flexibility index (Phi) is 5.03. The molecule has 1 aromatic rings. The average Bonchev–Trinajstić information content (AvgIpc) is 2.39. The molecule has 6 heteroatoms. The van der Waals surface area contributed by atoms with Gasteiger partial charge in [0.1, 0.15) is 11.4 Å². The fraction of sp³-hybridized carbons (Fsp3) is 0.562. The van der Waals surface area contributed by atoms with Crippen molar-refractivity contribution in [2.75, 3.05) is 32.0 Å². The average molecular weight is 309 g/mol. The third-order valence-electron chi connectivity index (χ3n) is 3.52. The fourth-order valence-electron chi connectivity index (χ4n) is 2.49. The Morgan fingerprint density at radius 3 is 2.82 bits per heavy atom. The highest BCUT2D eigenvalue weighted by Gasteiger charge is 2.25. The third kappa shape index (κ3) is 4.42. The number of nitrogens with one attached hydrogen (secondary N) is 2. The lowest BCUT2D eigenvalue weighted by molar-refractivity contribution is 0.0635. The van der Waals surface area contributed by atoms with Gasteiger partial charge in [-0.2, -0.15) is 0 Å². The number of halogens is 1. The minimum atomic E-state index is -0.576. The van der Waals surface area contributed by atoms with E-state index in [1.807, 2.05) is 7.05 Å². The second-order valence-corrected chi connectivity index (χ2v) is 6.56. The summed E-state index contributed by atoms with van der Waals surface area (Å²) in [7, 11) is 1.99. The number of rotatable bonds is 2. The minimum absolute atomic E-state index is 0.00869. The van der Waals surface area contributed by atoms with Gasteiger partial charge in [-0.1, -0.05) is 0 Å². The summed E-state index contributed by atoms with van der Waals surface area (Å²) < 4.78 is 18.9. The number of likely N-dealkylation sites (N-methyl/N-ethyl adjacent to an activating group) is 1. The maximum absolute atomic E-state index is 13.7. The first-order valence-corrected chi connectivity index (χ1v) is 7.47. The molecule has 0 aromatic heterocycles. The Bertz CT molecular complexity index is 543. The predicted octanol–water partition coefficient (Wildman–Crippen LogP) is 2.75. The van der Waals surface area contributed by atoms with E-state index < -0.39 is 11.7 Å². The van der Waals surface area contributed by atoms with Crippen LogP contribution in [0.4, 0.5) is 14.9 Å². The van der Waals surface area contributed by atoms with E-state index in [0.29, 0.717) is 12.2 Å². The van der Waals surface area contributed by atoms with Crippen molar-refractivity contribution in [1.29, 1.82) is 0 Å². The molecule has 2 rings (SSSR count). The maximum atomic E-state index is 13.7. The van der Waals surface area contributed by atoms with Gasteiger partial charge < -0.3 is 10.1 Å². The van der Waals surface area contributed by atoms with Crippen LogP contribution >= 0.6 is 0 Å². The molecule has 122 valence electrons. The number of nitrogens with zero attached hydrogens (tertiary/aromatic N) is 1. The first kappa shape index (κ1) is 16.7. The van der Waals surface area contributed by atoms with E-state index in [1.165, 1.54) is 12.1 Å². The summed E-state index contributed by atoms with van der Waals surface area (Å²) in [5.41, 5.74) is 0.754. The second kappa shape index (κ2) is 6.62. The van der Waals surface area contributed by atoms with Gasteiger partial charge >= 0.3 is 6.09 Å². The number of hydrogen-bond acceptors (Lipinski definition) is 4. The SMILES string of the molecule is CN1CCNCC1c1cc(F)ccc1NC(=O)OC(C)(C)C. The molecule has 1 fully saturated rings. The van der Waals surface area contributed by atoms with E-state index >= 15 is 0 Å². The summed E-state index contributed by atoms with van der Waals surface area (Å²) in [6, 6.07) is 4.40. The fourth-order valence-corrected chi connectivity index (χ4v) is 2.49. The lowest BCUT2D eigenvalue weighted by Gasteiger charge is -2.34. The molecule has 1 unspecified atom stereocenters. The van der Waals surface area contributed by atoms with E-state index in [-0.39, 0.29) is 11.9 Å². The zero-order valence-corrected chi connectivity index (χ0v) is 13.6. The number of benzene rings is 1. The number of amides is 1. The summed E-state index contributed by atoms with van der Waals surface area (Å²) in [5.74, 6) is -0.316. The Hall–Kier alpha value is -1.66. The monoisotopic (exact) mass is 309 g/mol. The Labute approximate surface area is 130 Å². The van der Waals surface area contributed by atoms with Gasteiger partial charge in [0.15, 0.2) is 0 Å². The number of ether oxygens (including phenoxy) is 1. The number of anilines is 1. The highest BCUT2D eigenvalue weighted by molar-refractivity contribution is 5.86. The quantitative estimate of drug-likeness (QED) is 0.882. The first-order chi connectivity index (χ1) is 10.3. The summed E-state index contributed by atoms with van der Waals surface area (Å²) in [6.07, 6.45) is -0.535. The van der Waals surface area contributed by atoms with Gasteiger partial charge in [0.2, 0.25) is 0 Å². The van der Waals surface area contributed by atoms with Crippen LogP contribution < -0.4 is 10.6 Å². The minimum Gasteiger partial charge on any atom is -0.444 e. The van der Waals surface area contributed by atoms with Crippen molar-refractivity contribution in [2.24, 2.45) is 0 Å². The number of carbonyl (C=O) groups excluding carboxylic acids is 1. The van der Waals surface area contributed by atoms with Crippen molar-refractivity contribution in [3.05, 3.63) is 29.6 Å². The first-order valence-electron chi connectivity index (χ1n) is 7.47. The Balaban J connectivity index is 2.22. The molecule has 0 spiro atoms. The largest absolute Gasteiger partial charge is 0.444 e. The highest BCUT2D eigenvalue weighted by atomic mass is 19.1. The van der Waals surface area contributed by atoms with Crippen LogP contribution in [0.25, 0.3) is 0 Å². The zero-order chi connectivity index (χ0) is 16.3. The molecular formula is C16H24FN3O2. The normalized spacial score (nSPS) is 19.8. The topological polar surface area (TPSA) is 53.6 Å². The number of piperazine rings is 1. The van der Waals surface area contributed by atoms with Crippen LogP contribution in [0, 0.1) is 5.82 Å². The van der Waals surface area contributed by atoms with Crippen LogP contribution in [0.1, 0.15) is 32.4 Å². The van der Waals surface area contributed by atoms with Gasteiger partial charge in [-0.3, -0.25) is 10.2 Å². The standard InChI is InChI=1S/C16H24FN3O2/c1-16(2,3)22-15(21)19-13-6-5-11(17)9-12(13)14-10-18-7-8-20(14)4/h5-6,9,14,18H,7-8,10H2,1-4H3,(H,19,21). The van der Waals surface area contributed by atoms with E-state index in [0.717, 1.165) is 18.7 Å². The smallest absolute Gasteiger partial charge is 0.412 e. The van der Waals surface area contributed by atoms with Crippen LogP contribution in [0.15, 0.2) is 18.2 Å². The predicted molar refractivity (Wildman–Crippen MR) is 84.5 cm³/mol. The summed E-state index contributed by atoms with van der Waals surface area (Å²) in [4.78, 5) is 14.1.